The van der Waals surface area contributed by atoms with Crippen LogP contribution < -0.4 is 9.80 Å². The van der Waals surface area contributed by atoms with Gasteiger partial charge in [0, 0.05) is 34.1 Å². The number of anilines is 6. The van der Waals surface area contributed by atoms with Gasteiger partial charge in [0.15, 0.2) is 0 Å². The number of hydrogen-bond acceptors (Lipinski definition) is 2. The van der Waals surface area contributed by atoms with Gasteiger partial charge in [-0.2, -0.15) is 26.3 Å². The van der Waals surface area contributed by atoms with E-state index in [-0.39, 0.29) is 0 Å². The van der Waals surface area contributed by atoms with Gasteiger partial charge in [0.2, 0.25) is 0 Å². The summed E-state index contributed by atoms with van der Waals surface area (Å²) < 4.78 is 87.3. The number of alkyl halides is 6. The molecule has 0 saturated heterocycles. The summed E-state index contributed by atoms with van der Waals surface area (Å²) in [4.78, 5) is 4.10. The van der Waals surface area contributed by atoms with Crippen molar-refractivity contribution in [3.05, 3.63) is 213 Å². The molecular weight excluding hydrogens is 767 g/mol. The maximum atomic E-state index is 14.6. The molecule has 60 heavy (non-hydrogen) atoms. The van der Waals surface area contributed by atoms with E-state index < -0.39 is 34.6 Å². The van der Waals surface area contributed by atoms with E-state index in [1.807, 2.05) is 149 Å². The Bertz CT molecular complexity index is 2330. The van der Waals surface area contributed by atoms with Crippen LogP contribution >= 0.6 is 0 Å². The highest BCUT2D eigenvalue weighted by Gasteiger charge is 2.38. The summed E-state index contributed by atoms with van der Waals surface area (Å²) in [7, 11) is 0. The van der Waals surface area contributed by atoms with Crippen LogP contribution in [0.25, 0.3) is 24.3 Å². The number of halogens is 6. The van der Waals surface area contributed by atoms with Gasteiger partial charge in [-0.25, -0.2) is 0 Å². The Labute approximate surface area is 347 Å². The first kappa shape index (κ1) is 41.4. The topological polar surface area (TPSA) is 6.48 Å². The Kier molecular flexibility index (Phi) is 11.9. The van der Waals surface area contributed by atoms with E-state index in [4.69, 9.17) is 0 Å². The molecule has 0 unspecified atom stereocenters. The molecule has 0 N–H and O–H groups in total. The lowest BCUT2D eigenvalue weighted by Crippen LogP contribution is -2.13. The van der Waals surface area contributed by atoms with E-state index in [0.717, 1.165) is 68.5 Å². The Morgan fingerprint density at radius 1 is 0.317 bits per heavy atom. The zero-order valence-corrected chi connectivity index (χ0v) is 33.5. The average Bonchev–Trinajstić information content (AvgIpc) is 3.22. The highest BCUT2D eigenvalue weighted by Crippen LogP contribution is 2.41. The van der Waals surface area contributed by atoms with Gasteiger partial charge in [-0.05, 0) is 135 Å². The Morgan fingerprint density at radius 3 is 0.750 bits per heavy atom. The molecule has 0 saturated carbocycles. The van der Waals surface area contributed by atoms with E-state index in [9.17, 15) is 26.3 Å². The molecule has 7 rings (SSSR count). The van der Waals surface area contributed by atoms with Crippen molar-refractivity contribution < 1.29 is 26.3 Å². The summed E-state index contributed by atoms with van der Waals surface area (Å²) >= 11 is 0. The zero-order chi connectivity index (χ0) is 42.6. The number of benzene rings is 7. The summed E-state index contributed by atoms with van der Waals surface area (Å²) in [6, 6.07) is 47.4. The predicted octanol–water partition coefficient (Wildman–Crippen LogP) is 16.2. The monoisotopic (exact) mass is 808 g/mol. The van der Waals surface area contributed by atoms with Crippen molar-refractivity contribution in [3.8, 4) is 0 Å². The minimum absolute atomic E-state index is 0.518. The third-order valence-corrected chi connectivity index (χ3v) is 10.2. The maximum absolute atomic E-state index is 14.6. The Morgan fingerprint density at radius 2 is 0.533 bits per heavy atom. The van der Waals surface area contributed by atoms with Crippen LogP contribution in [-0.2, 0) is 12.4 Å². The van der Waals surface area contributed by atoms with Crippen LogP contribution in [0.2, 0.25) is 0 Å². The lowest BCUT2D eigenvalue weighted by atomic mass is 9.95. The second-order valence-corrected chi connectivity index (χ2v) is 14.9. The number of hydrogen-bond donors (Lipinski definition) is 0. The van der Waals surface area contributed by atoms with Gasteiger partial charge in [-0.3, -0.25) is 0 Å². The maximum Gasteiger partial charge on any atom is 0.417 e. The summed E-state index contributed by atoms with van der Waals surface area (Å²) in [5, 5.41) is 0. The standard InChI is InChI=1S/C52H42F6N2/c1-35-5-21-43(22-6-35)59(44-23-7-36(2)8-24-44)47-29-15-39(16-30-47)13-19-41-33-50(52(56,57)58)42(34-49(41)51(53,54)55)20-14-40-17-31-48(32-18-40)60(45-25-9-37(3)10-26-45)46-27-11-38(4)12-28-46/h5-34H,1-4H3/b19-13-,20-14-. The molecule has 0 aliphatic heterocycles. The third-order valence-electron chi connectivity index (χ3n) is 10.2. The lowest BCUT2D eigenvalue weighted by Gasteiger charge is -2.26. The molecule has 0 aliphatic rings. The van der Waals surface area contributed by atoms with E-state index >= 15 is 0 Å². The molecule has 0 fully saturated rings. The fraction of sp³-hybridized carbons (Fsp3) is 0.115. The number of rotatable bonds is 10. The normalized spacial score (nSPS) is 12.0. The van der Waals surface area contributed by atoms with Gasteiger partial charge in [-0.1, -0.05) is 119 Å². The molecule has 0 bridgehead atoms. The minimum Gasteiger partial charge on any atom is -0.311 e. The van der Waals surface area contributed by atoms with Gasteiger partial charge in [0.1, 0.15) is 0 Å². The third kappa shape index (κ3) is 9.72. The molecule has 7 aromatic carbocycles. The number of nitrogens with zero attached hydrogens (tertiary/aromatic N) is 2. The van der Waals surface area contributed by atoms with E-state index in [1.54, 1.807) is 24.3 Å². The highest BCUT2D eigenvalue weighted by molar-refractivity contribution is 5.81. The molecule has 0 atom stereocenters. The molecule has 2 nitrogen and oxygen atoms in total. The van der Waals surface area contributed by atoms with Gasteiger partial charge < -0.3 is 9.80 Å². The van der Waals surface area contributed by atoms with Crippen LogP contribution in [0.5, 0.6) is 0 Å². The van der Waals surface area contributed by atoms with Crippen LogP contribution in [0.15, 0.2) is 158 Å². The van der Waals surface area contributed by atoms with Gasteiger partial charge in [-0.15, -0.1) is 0 Å². The smallest absolute Gasteiger partial charge is 0.311 e. The zero-order valence-electron chi connectivity index (χ0n) is 33.5. The molecule has 0 aliphatic carbocycles. The summed E-state index contributed by atoms with van der Waals surface area (Å²) in [6.07, 6.45) is -4.88. The second-order valence-electron chi connectivity index (χ2n) is 14.9. The Hall–Kier alpha value is -6.80. The van der Waals surface area contributed by atoms with Crippen molar-refractivity contribution in [1.29, 1.82) is 0 Å². The largest absolute Gasteiger partial charge is 0.417 e. The van der Waals surface area contributed by atoms with Gasteiger partial charge >= 0.3 is 12.4 Å². The minimum atomic E-state index is -4.92. The molecule has 0 spiro atoms. The van der Waals surface area contributed by atoms with Crippen LogP contribution in [0.1, 0.15) is 55.6 Å². The first-order chi connectivity index (χ1) is 28.6. The van der Waals surface area contributed by atoms with E-state index in [0.29, 0.717) is 23.3 Å². The fourth-order valence-corrected chi connectivity index (χ4v) is 6.91. The van der Waals surface area contributed by atoms with Crippen molar-refractivity contribution >= 4 is 58.4 Å². The van der Waals surface area contributed by atoms with Crippen molar-refractivity contribution in [3.63, 3.8) is 0 Å². The predicted molar refractivity (Wildman–Crippen MR) is 235 cm³/mol. The first-order valence-electron chi connectivity index (χ1n) is 19.4. The molecule has 0 heterocycles. The molecular formula is C52H42F6N2. The fourth-order valence-electron chi connectivity index (χ4n) is 6.91. The highest BCUT2D eigenvalue weighted by atomic mass is 19.4. The van der Waals surface area contributed by atoms with E-state index in [1.165, 1.54) is 12.2 Å². The van der Waals surface area contributed by atoms with Crippen LogP contribution in [0.4, 0.5) is 60.5 Å². The average molecular weight is 809 g/mol. The Balaban J connectivity index is 1.18. The molecule has 8 heteroatoms. The van der Waals surface area contributed by atoms with Gasteiger partial charge in [0.05, 0.1) is 11.1 Å². The summed E-state index contributed by atoms with van der Waals surface area (Å²) in [6.45, 7) is 8.00. The molecule has 0 aromatic heterocycles. The summed E-state index contributed by atoms with van der Waals surface area (Å²) in [5.74, 6) is 0. The van der Waals surface area contributed by atoms with Crippen molar-refractivity contribution in [2.45, 2.75) is 40.0 Å². The van der Waals surface area contributed by atoms with Gasteiger partial charge in [0.25, 0.3) is 0 Å². The van der Waals surface area contributed by atoms with Crippen LogP contribution in [-0.4, -0.2) is 0 Å². The van der Waals surface area contributed by atoms with Crippen molar-refractivity contribution in [1.82, 2.24) is 0 Å². The van der Waals surface area contributed by atoms with Crippen LogP contribution in [0, 0.1) is 27.7 Å². The lowest BCUT2D eigenvalue weighted by molar-refractivity contribution is -0.141. The molecule has 0 radical (unpaired) electrons. The quantitative estimate of drug-likeness (QED) is 0.100. The summed E-state index contributed by atoms with van der Waals surface area (Å²) in [5.41, 5.74) is 7.18. The molecule has 0 amide bonds. The van der Waals surface area contributed by atoms with Crippen LogP contribution in [0.3, 0.4) is 0 Å². The van der Waals surface area contributed by atoms with E-state index in [2.05, 4.69) is 9.80 Å². The second kappa shape index (κ2) is 17.2. The van der Waals surface area contributed by atoms with Crippen molar-refractivity contribution in [2.75, 3.05) is 9.80 Å². The van der Waals surface area contributed by atoms with Crippen molar-refractivity contribution in [2.24, 2.45) is 0 Å². The number of aryl methyl sites for hydroxylation is 4. The first-order valence-corrected chi connectivity index (χ1v) is 19.4. The SMILES string of the molecule is Cc1ccc(N(c2ccc(C)cc2)c2ccc(/C=C\c3cc(C(F)(F)F)c(/C=C\c4ccc(N(c5ccc(C)cc5)c5ccc(C)cc5)cc4)cc3C(F)(F)F)cc2)cc1. The molecule has 302 valence electrons. The molecule has 7 aromatic rings.